The summed E-state index contributed by atoms with van der Waals surface area (Å²) in [6, 6.07) is 8.12. The first-order chi connectivity index (χ1) is 6.58. The lowest BCUT2D eigenvalue weighted by Crippen LogP contribution is -2.23. The number of aryl methyl sites for hydroxylation is 1. The van der Waals surface area contributed by atoms with Crippen LogP contribution in [0.2, 0.25) is 0 Å². The molecule has 0 saturated heterocycles. The molecule has 1 rings (SSSR count). The van der Waals surface area contributed by atoms with Crippen LogP contribution in [0.4, 0.5) is 0 Å². The highest BCUT2D eigenvalue weighted by Crippen LogP contribution is 2.07. The molecular formula is C11H17NOS. The SMILES string of the molecule is Cc1cccc(CS(=O)CC(C)N)c1. The Bertz CT molecular complexity index is 323. The summed E-state index contributed by atoms with van der Waals surface area (Å²) in [4.78, 5) is 0. The van der Waals surface area contributed by atoms with Crippen molar-refractivity contribution in [2.45, 2.75) is 25.6 Å². The molecule has 0 saturated carbocycles. The van der Waals surface area contributed by atoms with E-state index in [0.29, 0.717) is 11.5 Å². The molecule has 0 aliphatic carbocycles. The van der Waals surface area contributed by atoms with E-state index in [9.17, 15) is 4.21 Å². The van der Waals surface area contributed by atoms with Crippen LogP contribution in [0.25, 0.3) is 0 Å². The van der Waals surface area contributed by atoms with Gasteiger partial charge in [0.1, 0.15) is 0 Å². The monoisotopic (exact) mass is 211 g/mol. The van der Waals surface area contributed by atoms with Gasteiger partial charge in [0.15, 0.2) is 0 Å². The zero-order valence-electron chi connectivity index (χ0n) is 8.69. The molecule has 0 aliphatic heterocycles. The van der Waals surface area contributed by atoms with E-state index in [2.05, 4.69) is 6.07 Å². The molecule has 2 unspecified atom stereocenters. The molecule has 0 aliphatic rings. The normalized spacial score (nSPS) is 15.1. The van der Waals surface area contributed by atoms with Gasteiger partial charge in [0.05, 0.1) is 0 Å². The van der Waals surface area contributed by atoms with Crippen LogP contribution in [0.1, 0.15) is 18.1 Å². The van der Waals surface area contributed by atoms with Gasteiger partial charge in [-0.25, -0.2) is 0 Å². The molecule has 0 amide bonds. The summed E-state index contributed by atoms with van der Waals surface area (Å²) >= 11 is 0. The summed E-state index contributed by atoms with van der Waals surface area (Å²) in [6.45, 7) is 3.92. The summed E-state index contributed by atoms with van der Waals surface area (Å²) in [5, 5.41) is 0. The van der Waals surface area contributed by atoms with Crippen molar-refractivity contribution in [3.05, 3.63) is 35.4 Å². The van der Waals surface area contributed by atoms with Crippen molar-refractivity contribution in [1.82, 2.24) is 0 Å². The molecule has 0 bridgehead atoms. The Hall–Kier alpha value is -0.670. The van der Waals surface area contributed by atoms with Gasteiger partial charge in [0.25, 0.3) is 0 Å². The standard InChI is InChI=1S/C11H17NOS/c1-9-4-3-5-11(6-9)8-14(13)7-10(2)12/h3-6,10H,7-8,12H2,1-2H3. The van der Waals surface area contributed by atoms with Crippen LogP contribution in [0.15, 0.2) is 24.3 Å². The number of benzene rings is 1. The molecule has 2 nitrogen and oxygen atoms in total. The fourth-order valence-electron chi connectivity index (χ4n) is 1.34. The quantitative estimate of drug-likeness (QED) is 0.822. The van der Waals surface area contributed by atoms with Gasteiger partial charge in [-0.1, -0.05) is 29.8 Å². The molecule has 0 fully saturated rings. The summed E-state index contributed by atoms with van der Waals surface area (Å²) in [6.07, 6.45) is 0. The lowest BCUT2D eigenvalue weighted by atomic mass is 10.2. The topological polar surface area (TPSA) is 43.1 Å². The summed E-state index contributed by atoms with van der Waals surface area (Å²) in [7, 11) is -0.834. The summed E-state index contributed by atoms with van der Waals surface area (Å²) in [5.74, 6) is 1.19. The molecule has 1 aromatic carbocycles. The van der Waals surface area contributed by atoms with Crippen molar-refractivity contribution in [3.8, 4) is 0 Å². The van der Waals surface area contributed by atoms with Gasteiger partial charge in [-0.3, -0.25) is 4.21 Å². The first-order valence-corrected chi connectivity index (χ1v) is 6.23. The van der Waals surface area contributed by atoms with Crippen molar-refractivity contribution < 1.29 is 4.21 Å². The maximum atomic E-state index is 11.6. The maximum absolute atomic E-state index is 11.6. The van der Waals surface area contributed by atoms with Gasteiger partial charge in [-0.05, 0) is 19.4 Å². The van der Waals surface area contributed by atoms with Gasteiger partial charge in [0.2, 0.25) is 0 Å². The van der Waals surface area contributed by atoms with Crippen molar-refractivity contribution in [2.75, 3.05) is 5.75 Å². The fourth-order valence-corrected chi connectivity index (χ4v) is 2.60. The highest BCUT2D eigenvalue weighted by molar-refractivity contribution is 7.84. The number of rotatable bonds is 4. The molecule has 3 heteroatoms. The number of hydrogen-bond donors (Lipinski definition) is 1. The molecular weight excluding hydrogens is 194 g/mol. The maximum Gasteiger partial charge on any atom is 0.0486 e. The molecule has 0 spiro atoms. The molecule has 1 aromatic rings. The van der Waals surface area contributed by atoms with Gasteiger partial charge < -0.3 is 5.73 Å². The van der Waals surface area contributed by atoms with Gasteiger partial charge in [-0.15, -0.1) is 0 Å². The number of hydrogen-bond acceptors (Lipinski definition) is 2. The minimum atomic E-state index is -0.834. The van der Waals surface area contributed by atoms with Crippen molar-refractivity contribution >= 4 is 10.8 Å². The average Bonchev–Trinajstić information content (AvgIpc) is 2.01. The summed E-state index contributed by atoms with van der Waals surface area (Å²) < 4.78 is 11.6. The third-order valence-electron chi connectivity index (χ3n) is 1.86. The smallest absolute Gasteiger partial charge is 0.0486 e. The molecule has 2 N–H and O–H groups in total. The molecule has 0 heterocycles. The van der Waals surface area contributed by atoms with Crippen molar-refractivity contribution in [1.29, 1.82) is 0 Å². The van der Waals surface area contributed by atoms with Crippen LogP contribution in [0.3, 0.4) is 0 Å². The van der Waals surface area contributed by atoms with Crippen molar-refractivity contribution in [2.24, 2.45) is 5.73 Å². The van der Waals surface area contributed by atoms with Crippen LogP contribution in [-0.4, -0.2) is 16.0 Å². The van der Waals surface area contributed by atoms with E-state index in [1.54, 1.807) is 0 Å². The van der Waals surface area contributed by atoms with Gasteiger partial charge >= 0.3 is 0 Å². The summed E-state index contributed by atoms with van der Waals surface area (Å²) in [5.41, 5.74) is 7.92. The predicted molar refractivity (Wildman–Crippen MR) is 61.5 cm³/mol. The van der Waals surface area contributed by atoms with E-state index in [4.69, 9.17) is 5.73 Å². The minimum Gasteiger partial charge on any atom is -0.327 e. The average molecular weight is 211 g/mol. The molecule has 2 atom stereocenters. The van der Waals surface area contributed by atoms with Gasteiger partial charge in [0, 0.05) is 28.3 Å². The third-order valence-corrected chi connectivity index (χ3v) is 3.41. The second kappa shape index (κ2) is 5.27. The third kappa shape index (κ3) is 4.03. The van der Waals surface area contributed by atoms with E-state index in [-0.39, 0.29) is 6.04 Å². The van der Waals surface area contributed by atoms with Crippen LogP contribution in [0.5, 0.6) is 0 Å². The van der Waals surface area contributed by atoms with E-state index in [0.717, 1.165) is 5.56 Å². The largest absolute Gasteiger partial charge is 0.327 e. The Morgan fingerprint density at radius 1 is 1.50 bits per heavy atom. The molecule has 0 aromatic heterocycles. The molecule has 0 radical (unpaired) electrons. The van der Waals surface area contributed by atoms with Crippen LogP contribution >= 0.6 is 0 Å². The Labute approximate surface area is 88.0 Å². The zero-order valence-corrected chi connectivity index (χ0v) is 9.51. The Morgan fingerprint density at radius 2 is 2.21 bits per heavy atom. The first-order valence-electron chi connectivity index (χ1n) is 4.74. The lowest BCUT2D eigenvalue weighted by Gasteiger charge is -2.05. The van der Waals surface area contributed by atoms with Crippen LogP contribution in [-0.2, 0) is 16.6 Å². The van der Waals surface area contributed by atoms with E-state index >= 15 is 0 Å². The van der Waals surface area contributed by atoms with Crippen LogP contribution < -0.4 is 5.73 Å². The van der Waals surface area contributed by atoms with Crippen molar-refractivity contribution in [3.63, 3.8) is 0 Å². The van der Waals surface area contributed by atoms with E-state index < -0.39 is 10.8 Å². The molecule has 78 valence electrons. The van der Waals surface area contributed by atoms with E-state index in [1.807, 2.05) is 32.0 Å². The Balaban J connectivity index is 2.56. The molecule has 14 heavy (non-hydrogen) atoms. The predicted octanol–water partition coefficient (Wildman–Crippen LogP) is 1.59. The minimum absolute atomic E-state index is 0.0145. The van der Waals surface area contributed by atoms with Gasteiger partial charge in [-0.2, -0.15) is 0 Å². The second-order valence-electron chi connectivity index (χ2n) is 3.72. The first kappa shape index (κ1) is 11.4. The second-order valence-corrected chi connectivity index (χ2v) is 5.22. The number of nitrogens with two attached hydrogens (primary N) is 1. The zero-order chi connectivity index (χ0) is 10.6. The van der Waals surface area contributed by atoms with Crippen LogP contribution in [0, 0.1) is 6.92 Å². The van der Waals surface area contributed by atoms with E-state index in [1.165, 1.54) is 5.56 Å². The fraction of sp³-hybridized carbons (Fsp3) is 0.455. The Morgan fingerprint density at radius 3 is 2.79 bits per heavy atom. The Kier molecular flexibility index (Phi) is 4.29. The highest BCUT2D eigenvalue weighted by atomic mass is 32.2. The highest BCUT2D eigenvalue weighted by Gasteiger charge is 2.04. The lowest BCUT2D eigenvalue weighted by molar-refractivity contribution is 0.676.